The Morgan fingerprint density at radius 1 is 1.19 bits per heavy atom. The van der Waals surface area contributed by atoms with Gasteiger partial charge >= 0.3 is 0 Å². The average molecular weight is 290 g/mol. The standard InChI is InChI=1S/C18H26O3/c1-11-4-6-18(15-5-7-19-12(15)2)10-14(16(11)18)17-13(3)20-8-9-21-17/h5,7,11,13-14,16-17H,4,6,8-10H2,1-3H3. The Bertz CT molecular complexity index is 522. The zero-order chi connectivity index (χ0) is 14.6. The van der Waals surface area contributed by atoms with E-state index in [0.29, 0.717) is 11.3 Å². The minimum Gasteiger partial charge on any atom is -0.469 e. The van der Waals surface area contributed by atoms with Crippen molar-refractivity contribution in [2.75, 3.05) is 13.2 Å². The predicted octanol–water partition coefficient (Wildman–Crippen LogP) is 3.70. The lowest BCUT2D eigenvalue weighted by Gasteiger charge is -2.57. The van der Waals surface area contributed by atoms with Crippen LogP contribution in [0.15, 0.2) is 16.7 Å². The molecule has 3 heteroatoms. The first-order chi connectivity index (χ1) is 10.1. The van der Waals surface area contributed by atoms with Crippen molar-refractivity contribution >= 4 is 0 Å². The van der Waals surface area contributed by atoms with Crippen LogP contribution in [0.25, 0.3) is 0 Å². The molecule has 1 saturated heterocycles. The fraction of sp³-hybridized carbons (Fsp3) is 0.778. The first-order valence-electron chi connectivity index (χ1n) is 8.41. The van der Waals surface area contributed by atoms with Crippen LogP contribution in [0.2, 0.25) is 0 Å². The van der Waals surface area contributed by atoms with Gasteiger partial charge in [-0.1, -0.05) is 6.92 Å². The number of hydrogen-bond donors (Lipinski definition) is 0. The highest BCUT2D eigenvalue weighted by atomic mass is 16.6. The largest absolute Gasteiger partial charge is 0.469 e. The lowest BCUT2D eigenvalue weighted by atomic mass is 9.49. The van der Waals surface area contributed by atoms with E-state index in [1.807, 2.05) is 6.26 Å². The van der Waals surface area contributed by atoms with E-state index in [0.717, 1.165) is 30.8 Å². The molecule has 3 nitrogen and oxygen atoms in total. The predicted molar refractivity (Wildman–Crippen MR) is 80.3 cm³/mol. The highest BCUT2D eigenvalue weighted by Gasteiger charge is 2.63. The topological polar surface area (TPSA) is 31.6 Å². The Morgan fingerprint density at radius 3 is 2.71 bits per heavy atom. The lowest BCUT2D eigenvalue weighted by molar-refractivity contribution is -0.190. The van der Waals surface area contributed by atoms with Gasteiger partial charge in [-0.2, -0.15) is 0 Å². The summed E-state index contributed by atoms with van der Waals surface area (Å²) < 4.78 is 17.5. The molecule has 0 bridgehead atoms. The molecule has 21 heavy (non-hydrogen) atoms. The molecule has 3 aliphatic rings. The summed E-state index contributed by atoms with van der Waals surface area (Å²) in [5.41, 5.74) is 1.80. The van der Waals surface area contributed by atoms with Gasteiger partial charge in [-0.05, 0) is 62.5 Å². The van der Waals surface area contributed by atoms with Gasteiger partial charge in [0.25, 0.3) is 0 Å². The molecule has 2 heterocycles. The summed E-state index contributed by atoms with van der Waals surface area (Å²) >= 11 is 0. The minimum atomic E-state index is 0.236. The first-order valence-corrected chi connectivity index (χ1v) is 8.41. The van der Waals surface area contributed by atoms with Crippen molar-refractivity contribution in [3.05, 3.63) is 23.7 Å². The number of rotatable bonds is 2. The Labute approximate surface area is 127 Å². The zero-order valence-electron chi connectivity index (χ0n) is 13.3. The summed E-state index contributed by atoms with van der Waals surface area (Å²) in [5.74, 6) is 3.26. The second-order valence-electron chi connectivity index (χ2n) is 7.37. The highest BCUT2D eigenvalue weighted by molar-refractivity contribution is 5.35. The van der Waals surface area contributed by atoms with Crippen molar-refractivity contribution < 1.29 is 13.9 Å². The van der Waals surface area contributed by atoms with Gasteiger partial charge in [0.2, 0.25) is 0 Å². The molecule has 1 aliphatic heterocycles. The van der Waals surface area contributed by atoms with Gasteiger partial charge < -0.3 is 13.9 Å². The second kappa shape index (κ2) is 4.85. The SMILES string of the molecule is Cc1occc1C12CCC(C)C1C(C1OCCOC1C)C2. The molecule has 1 aromatic rings. The third-order valence-electron chi connectivity index (χ3n) is 6.41. The second-order valence-corrected chi connectivity index (χ2v) is 7.37. The molecule has 2 aliphatic carbocycles. The molecule has 3 fully saturated rings. The van der Waals surface area contributed by atoms with Crippen molar-refractivity contribution in [3.8, 4) is 0 Å². The number of fused-ring (bicyclic) bond motifs is 1. The molecule has 2 saturated carbocycles. The van der Waals surface area contributed by atoms with Crippen LogP contribution in [0, 0.1) is 24.7 Å². The average Bonchev–Trinajstić information content (AvgIpc) is 2.95. The molecule has 6 unspecified atom stereocenters. The van der Waals surface area contributed by atoms with Crippen LogP contribution < -0.4 is 0 Å². The van der Waals surface area contributed by atoms with Crippen LogP contribution in [0.5, 0.6) is 0 Å². The molecule has 4 rings (SSSR count). The number of ether oxygens (including phenoxy) is 2. The van der Waals surface area contributed by atoms with Crippen molar-refractivity contribution in [3.63, 3.8) is 0 Å². The summed E-state index contributed by atoms with van der Waals surface area (Å²) in [7, 11) is 0. The van der Waals surface area contributed by atoms with Crippen LogP contribution in [0.3, 0.4) is 0 Å². The maximum absolute atomic E-state index is 6.09. The molecule has 0 N–H and O–H groups in total. The van der Waals surface area contributed by atoms with Gasteiger partial charge in [-0.15, -0.1) is 0 Å². The summed E-state index contributed by atoms with van der Waals surface area (Å²) in [4.78, 5) is 0. The monoisotopic (exact) mass is 290 g/mol. The number of furan rings is 1. The van der Waals surface area contributed by atoms with Crippen LogP contribution >= 0.6 is 0 Å². The smallest absolute Gasteiger partial charge is 0.104 e. The van der Waals surface area contributed by atoms with E-state index in [-0.39, 0.29) is 12.2 Å². The summed E-state index contributed by atoms with van der Waals surface area (Å²) in [6, 6.07) is 2.21. The van der Waals surface area contributed by atoms with Crippen molar-refractivity contribution in [1.29, 1.82) is 0 Å². The van der Waals surface area contributed by atoms with Crippen LogP contribution in [-0.4, -0.2) is 25.4 Å². The molecular formula is C18H26O3. The van der Waals surface area contributed by atoms with Crippen molar-refractivity contribution in [2.45, 2.75) is 57.7 Å². The highest BCUT2D eigenvalue weighted by Crippen LogP contribution is 2.66. The summed E-state index contributed by atoms with van der Waals surface area (Å²) in [6.07, 6.45) is 6.24. The van der Waals surface area contributed by atoms with Crippen molar-refractivity contribution in [1.82, 2.24) is 0 Å². The third kappa shape index (κ3) is 1.86. The van der Waals surface area contributed by atoms with E-state index in [2.05, 4.69) is 26.8 Å². The van der Waals surface area contributed by atoms with Crippen LogP contribution in [-0.2, 0) is 14.9 Å². The normalized spacial score (nSPS) is 46.1. The Hall–Kier alpha value is -0.800. The molecule has 0 radical (unpaired) electrons. The maximum atomic E-state index is 6.09. The lowest BCUT2D eigenvalue weighted by Crippen LogP contribution is -2.58. The molecule has 0 spiro atoms. The van der Waals surface area contributed by atoms with E-state index in [1.165, 1.54) is 24.8 Å². The van der Waals surface area contributed by atoms with Gasteiger partial charge in [-0.3, -0.25) is 0 Å². The van der Waals surface area contributed by atoms with Crippen LogP contribution in [0.1, 0.15) is 44.4 Å². The van der Waals surface area contributed by atoms with Crippen LogP contribution in [0.4, 0.5) is 0 Å². The van der Waals surface area contributed by atoms with Gasteiger partial charge in [0, 0.05) is 5.41 Å². The van der Waals surface area contributed by atoms with Gasteiger partial charge in [0.05, 0.1) is 31.7 Å². The molecule has 0 aromatic carbocycles. The molecular weight excluding hydrogens is 264 g/mol. The van der Waals surface area contributed by atoms with Gasteiger partial charge in [0.15, 0.2) is 0 Å². The quantitative estimate of drug-likeness (QED) is 0.832. The van der Waals surface area contributed by atoms with E-state index >= 15 is 0 Å². The summed E-state index contributed by atoms with van der Waals surface area (Å²) in [6.45, 7) is 8.20. The third-order valence-corrected chi connectivity index (χ3v) is 6.41. The fourth-order valence-corrected chi connectivity index (χ4v) is 5.60. The maximum Gasteiger partial charge on any atom is 0.104 e. The van der Waals surface area contributed by atoms with Gasteiger partial charge in [-0.25, -0.2) is 0 Å². The minimum absolute atomic E-state index is 0.236. The molecule has 6 atom stereocenters. The Kier molecular flexibility index (Phi) is 3.20. The molecule has 116 valence electrons. The fourth-order valence-electron chi connectivity index (χ4n) is 5.60. The zero-order valence-corrected chi connectivity index (χ0v) is 13.3. The molecule has 0 amide bonds. The van der Waals surface area contributed by atoms with E-state index in [9.17, 15) is 0 Å². The Morgan fingerprint density at radius 2 is 2.00 bits per heavy atom. The summed E-state index contributed by atoms with van der Waals surface area (Å²) in [5, 5.41) is 0. The van der Waals surface area contributed by atoms with E-state index in [1.54, 1.807) is 0 Å². The van der Waals surface area contributed by atoms with E-state index < -0.39 is 0 Å². The van der Waals surface area contributed by atoms with Gasteiger partial charge in [0.1, 0.15) is 5.76 Å². The number of aryl methyl sites for hydroxylation is 1. The van der Waals surface area contributed by atoms with Crippen molar-refractivity contribution in [2.24, 2.45) is 17.8 Å². The Balaban J connectivity index is 1.63. The number of hydrogen-bond acceptors (Lipinski definition) is 3. The van der Waals surface area contributed by atoms with E-state index in [4.69, 9.17) is 13.9 Å². The molecule has 1 aromatic heterocycles. The first kappa shape index (κ1) is 13.8.